The fraction of sp³-hybridized carbons (Fsp3) is 0.350. The number of carbonyl (C=O) groups is 1. The Bertz CT molecular complexity index is 706. The second-order valence-electron chi connectivity index (χ2n) is 6.55. The first-order valence-electron chi connectivity index (χ1n) is 8.49. The molecule has 0 spiro atoms. The number of nitrogens with one attached hydrogen (secondary N) is 1. The summed E-state index contributed by atoms with van der Waals surface area (Å²) >= 11 is 6.15. The van der Waals surface area contributed by atoms with Gasteiger partial charge in [-0.25, -0.2) is 0 Å². The van der Waals surface area contributed by atoms with Gasteiger partial charge in [0.05, 0.1) is 5.41 Å². The molecule has 24 heavy (non-hydrogen) atoms. The lowest BCUT2D eigenvalue weighted by Crippen LogP contribution is -2.43. The second-order valence-corrected chi connectivity index (χ2v) is 6.98. The van der Waals surface area contributed by atoms with Crippen LogP contribution in [0.5, 0.6) is 0 Å². The van der Waals surface area contributed by atoms with Crippen molar-refractivity contribution in [3.05, 3.63) is 64.7 Å². The highest BCUT2D eigenvalue weighted by atomic mass is 35.5. The van der Waals surface area contributed by atoms with E-state index in [-0.39, 0.29) is 5.91 Å². The van der Waals surface area contributed by atoms with E-state index in [1.54, 1.807) is 0 Å². The predicted octanol–water partition coefficient (Wildman–Crippen LogP) is 4.09. The fourth-order valence-electron chi connectivity index (χ4n) is 3.59. The van der Waals surface area contributed by atoms with E-state index in [0.717, 1.165) is 43.4 Å². The Morgan fingerprint density at radius 2 is 1.83 bits per heavy atom. The van der Waals surface area contributed by atoms with Crippen molar-refractivity contribution in [3.8, 4) is 0 Å². The van der Waals surface area contributed by atoms with Gasteiger partial charge in [-0.3, -0.25) is 4.79 Å². The van der Waals surface area contributed by atoms with Gasteiger partial charge >= 0.3 is 0 Å². The van der Waals surface area contributed by atoms with E-state index in [0.29, 0.717) is 11.6 Å². The van der Waals surface area contributed by atoms with E-state index in [1.165, 1.54) is 5.56 Å². The van der Waals surface area contributed by atoms with E-state index in [4.69, 9.17) is 17.3 Å². The molecule has 1 aliphatic carbocycles. The number of rotatable bonds is 5. The van der Waals surface area contributed by atoms with Crippen molar-refractivity contribution in [2.45, 2.75) is 37.5 Å². The number of anilines is 1. The number of nitrogens with two attached hydrogens (primary N) is 1. The van der Waals surface area contributed by atoms with Crippen LogP contribution in [0.1, 0.15) is 36.8 Å². The second kappa shape index (κ2) is 7.27. The third kappa shape index (κ3) is 3.57. The van der Waals surface area contributed by atoms with Gasteiger partial charge in [0.2, 0.25) is 5.91 Å². The van der Waals surface area contributed by atoms with Crippen LogP contribution in [-0.2, 0) is 16.6 Å². The van der Waals surface area contributed by atoms with Crippen LogP contribution < -0.4 is 11.1 Å². The Balaban J connectivity index is 1.68. The first-order chi connectivity index (χ1) is 11.6. The predicted molar refractivity (Wildman–Crippen MR) is 99.2 cm³/mol. The summed E-state index contributed by atoms with van der Waals surface area (Å²) in [6, 6.07) is 15.5. The van der Waals surface area contributed by atoms with E-state index in [9.17, 15) is 4.79 Å². The summed E-state index contributed by atoms with van der Waals surface area (Å²) in [5.41, 5.74) is 8.25. The Morgan fingerprint density at radius 3 is 2.50 bits per heavy atom. The van der Waals surface area contributed by atoms with E-state index in [1.807, 2.05) is 48.5 Å². The third-order valence-corrected chi connectivity index (χ3v) is 5.18. The van der Waals surface area contributed by atoms with Crippen LogP contribution >= 0.6 is 11.6 Å². The topological polar surface area (TPSA) is 55.1 Å². The molecule has 0 heterocycles. The minimum atomic E-state index is -0.425. The molecule has 1 amide bonds. The number of nitrogen functional groups attached to an aromatic ring is 1. The minimum absolute atomic E-state index is 0.123. The van der Waals surface area contributed by atoms with Crippen LogP contribution in [-0.4, -0.2) is 12.5 Å². The number of hydrogen-bond acceptors (Lipinski definition) is 2. The molecule has 3 rings (SSSR count). The van der Waals surface area contributed by atoms with Crippen molar-refractivity contribution in [3.63, 3.8) is 0 Å². The zero-order valence-electron chi connectivity index (χ0n) is 13.7. The lowest BCUT2D eigenvalue weighted by Gasteiger charge is -2.28. The van der Waals surface area contributed by atoms with Crippen molar-refractivity contribution in [1.82, 2.24) is 5.32 Å². The standard InChI is InChI=1S/C20H23ClN2O/c21-17-5-3-4-16(14-17)20(11-1-2-12-20)19(24)23-13-10-15-6-8-18(22)9-7-15/h3-9,14H,1-2,10-13,22H2,(H,23,24). The molecule has 126 valence electrons. The molecule has 2 aromatic rings. The zero-order valence-corrected chi connectivity index (χ0v) is 14.5. The van der Waals surface area contributed by atoms with Crippen LogP contribution in [0.25, 0.3) is 0 Å². The van der Waals surface area contributed by atoms with Crippen LogP contribution in [0.2, 0.25) is 5.02 Å². The largest absolute Gasteiger partial charge is 0.399 e. The van der Waals surface area contributed by atoms with Gasteiger partial charge in [-0.05, 0) is 54.7 Å². The van der Waals surface area contributed by atoms with E-state index in [2.05, 4.69) is 5.32 Å². The van der Waals surface area contributed by atoms with Crippen molar-refractivity contribution >= 4 is 23.2 Å². The van der Waals surface area contributed by atoms with Crippen LogP contribution in [0.15, 0.2) is 48.5 Å². The van der Waals surface area contributed by atoms with E-state index >= 15 is 0 Å². The number of carbonyl (C=O) groups excluding carboxylic acids is 1. The average Bonchev–Trinajstić information content (AvgIpc) is 3.08. The Morgan fingerprint density at radius 1 is 1.12 bits per heavy atom. The lowest BCUT2D eigenvalue weighted by molar-refractivity contribution is -0.126. The molecule has 1 fully saturated rings. The molecule has 3 nitrogen and oxygen atoms in total. The molecule has 1 saturated carbocycles. The molecule has 4 heteroatoms. The molecule has 1 aliphatic rings. The Kier molecular flexibility index (Phi) is 5.10. The maximum Gasteiger partial charge on any atom is 0.230 e. The summed E-state index contributed by atoms with van der Waals surface area (Å²) in [6.07, 6.45) is 4.75. The van der Waals surface area contributed by atoms with Crippen molar-refractivity contribution in [2.75, 3.05) is 12.3 Å². The number of amides is 1. The van der Waals surface area contributed by atoms with Crippen LogP contribution in [0.3, 0.4) is 0 Å². The molecule has 0 radical (unpaired) electrons. The molecular formula is C20H23ClN2O. The molecule has 0 aliphatic heterocycles. The highest BCUT2D eigenvalue weighted by Gasteiger charge is 2.42. The normalized spacial score (nSPS) is 16.0. The quantitative estimate of drug-likeness (QED) is 0.804. The molecule has 0 bridgehead atoms. The van der Waals surface area contributed by atoms with Crippen molar-refractivity contribution in [2.24, 2.45) is 0 Å². The molecule has 3 N–H and O–H groups in total. The van der Waals surface area contributed by atoms with Crippen LogP contribution in [0.4, 0.5) is 5.69 Å². The van der Waals surface area contributed by atoms with Crippen molar-refractivity contribution in [1.29, 1.82) is 0 Å². The van der Waals surface area contributed by atoms with Gasteiger partial charge in [0, 0.05) is 17.3 Å². The zero-order chi connectivity index (χ0) is 17.0. The summed E-state index contributed by atoms with van der Waals surface area (Å²) in [4.78, 5) is 12.9. The molecule has 0 aromatic heterocycles. The van der Waals surface area contributed by atoms with Gasteiger partial charge in [0.1, 0.15) is 0 Å². The van der Waals surface area contributed by atoms with Crippen molar-refractivity contribution < 1.29 is 4.79 Å². The van der Waals surface area contributed by atoms with Gasteiger partial charge in [-0.1, -0.05) is 48.7 Å². The third-order valence-electron chi connectivity index (χ3n) is 4.95. The summed E-state index contributed by atoms with van der Waals surface area (Å²) in [6.45, 7) is 0.630. The fourth-order valence-corrected chi connectivity index (χ4v) is 3.78. The summed E-state index contributed by atoms with van der Waals surface area (Å²) in [7, 11) is 0. The number of hydrogen-bond donors (Lipinski definition) is 2. The van der Waals surface area contributed by atoms with Gasteiger partial charge < -0.3 is 11.1 Å². The number of halogens is 1. The molecule has 0 saturated heterocycles. The maximum atomic E-state index is 12.9. The van der Waals surface area contributed by atoms with Crippen LogP contribution in [0, 0.1) is 0 Å². The highest BCUT2D eigenvalue weighted by Crippen LogP contribution is 2.42. The first kappa shape index (κ1) is 16.8. The van der Waals surface area contributed by atoms with Gasteiger partial charge in [0.15, 0.2) is 0 Å². The lowest BCUT2D eigenvalue weighted by atomic mass is 9.78. The molecule has 0 atom stereocenters. The average molecular weight is 343 g/mol. The molecule has 0 unspecified atom stereocenters. The molecule has 2 aromatic carbocycles. The SMILES string of the molecule is Nc1ccc(CCNC(=O)C2(c3cccc(Cl)c3)CCCC2)cc1. The minimum Gasteiger partial charge on any atom is -0.399 e. The highest BCUT2D eigenvalue weighted by molar-refractivity contribution is 6.30. The van der Waals surface area contributed by atoms with Gasteiger partial charge in [0.25, 0.3) is 0 Å². The van der Waals surface area contributed by atoms with Gasteiger partial charge in [-0.2, -0.15) is 0 Å². The maximum absolute atomic E-state index is 12.9. The first-order valence-corrected chi connectivity index (χ1v) is 8.87. The summed E-state index contributed by atoms with van der Waals surface area (Å²) < 4.78 is 0. The monoisotopic (exact) mass is 342 g/mol. The smallest absolute Gasteiger partial charge is 0.230 e. The number of benzene rings is 2. The Labute approximate surface area is 148 Å². The Hall–Kier alpha value is -2.00. The summed E-state index contributed by atoms with van der Waals surface area (Å²) in [5, 5.41) is 3.82. The van der Waals surface area contributed by atoms with Gasteiger partial charge in [-0.15, -0.1) is 0 Å². The van der Waals surface area contributed by atoms with E-state index < -0.39 is 5.41 Å². The molecular weight excluding hydrogens is 320 g/mol. The summed E-state index contributed by atoms with van der Waals surface area (Å²) in [5.74, 6) is 0.123.